The molecular formula is C11H10BClOS. The Morgan fingerprint density at radius 1 is 1.33 bits per heavy atom. The van der Waals surface area contributed by atoms with Crippen molar-refractivity contribution in [2.24, 2.45) is 0 Å². The van der Waals surface area contributed by atoms with Crippen LogP contribution in [0.15, 0.2) is 35.7 Å². The first-order valence-electron chi connectivity index (χ1n) is 4.66. The van der Waals surface area contributed by atoms with Crippen LogP contribution < -0.4 is 10.2 Å². The van der Waals surface area contributed by atoms with Crippen LogP contribution in [0.25, 0.3) is 0 Å². The summed E-state index contributed by atoms with van der Waals surface area (Å²) in [6.45, 7) is 1.38. The van der Waals surface area contributed by atoms with Gasteiger partial charge in [-0.25, -0.2) is 0 Å². The fraction of sp³-hybridized carbons (Fsp3) is 0.0909. The summed E-state index contributed by atoms with van der Waals surface area (Å²) < 4.78 is 0.940. The molecule has 1 heterocycles. The third-order valence-corrected chi connectivity index (χ3v) is 3.66. The van der Waals surface area contributed by atoms with E-state index in [0.29, 0.717) is 5.02 Å². The van der Waals surface area contributed by atoms with Crippen LogP contribution in [0.3, 0.4) is 0 Å². The molecule has 0 amide bonds. The number of thiophene rings is 1. The summed E-state index contributed by atoms with van der Waals surface area (Å²) in [6, 6.07) is 9.50. The van der Waals surface area contributed by atoms with E-state index in [9.17, 15) is 5.02 Å². The van der Waals surface area contributed by atoms with E-state index in [1.807, 2.05) is 42.6 Å². The second-order valence-corrected chi connectivity index (χ2v) is 4.81. The molecule has 0 atom stereocenters. The number of hydrogen-bond donors (Lipinski definition) is 1. The maximum Gasteiger partial charge on any atom is 0.369 e. The molecule has 0 radical (unpaired) electrons. The molecule has 0 saturated carbocycles. The van der Waals surface area contributed by atoms with Crippen LogP contribution in [-0.4, -0.2) is 11.9 Å². The molecule has 76 valence electrons. The minimum Gasteiger partial charge on any atom is -0.442 e. The molecule has 1 aromatic heterocycles. The highest BCUT2D eigenvalue weighted by molar-refractivity contribution is 7.22. The first-order valence-corrected chi connectivity index (χ1v) is 5.92. The highest BCUT2D eigenvalue weighted by Crippen LogP contribution is 2.12. The predicted molar refractivity (Wildman–Crippen MR) is 67.7 cm³/mol. The lowest BCUT2D eigenvalue weighted by molar-refractivity contribution is 0.601. The largest absolute Gasteiger partial charge is 0.442 e. The lowest BCUT2D eigenvalue weighted by Crippen LogP contribution is -2.40. The van der Waals surface area contributed by atoms with E-state index < -0.39 is 6.92 Å². The Kier molecular flexibility index (Phi) is 3.15. The van der Waals surface area contributed by atoms with Gasteiger partial charge in [0.05, 0.1) is 0 Å². The lowest BCUT2D eigenvalue weighted by Gasteiger charge is -2.06. The zero-order chi connectivity index (χ0) is 10.8. The monoisotopic (exact) mass is 236 g/mol. The van der Waals surface area contributed by atoms with Crippen molar-refractivity contribution in [3.05, 3.63) is 46.3 Å². The molecule has 0 saturated heterocycles. The summed E-state index contributed by atoms with van der Waals surface area (Å²) in [5.41, 5.74) is 1.87. The van der Waals surface area contributed by atoms with Gasteiger partial charge in [0.25, 0.3) is 0 Å². The van der Waals surface area contributed by atoms with Crippen molar-refractivity contribution in [2.75, 3.05) is 0 Å². The van der Waals surface area contributed by atoms with Gasteiger partial charge in [0.1, 0.15) is 0 Å². The van der Waals surface area contributed by atoms with Crippen LogP contribution >= 0.6 is 22.9 Å². The second kappa shape index (κ2) is 4.39. The summed E-state index contributed by atoms with van der Waals surface area (Å²) in [5.74, 6) is 0. The van der Waals surface area contributed by atoms with Gasteiger partial charge in [-0.1, -0.05) is 35.9 Å². The summed E-state index contributed by atoms with van der Waals surface area (Å²) >= 11 is 7.55. The van der Waals surface area contributed by atoms with E-state index in [-0.39, 0.29) is 0 Å². The molecule has 15 heavy (non-hydrogen) atoms. The first-order chi connectivity index (χ1) is 7.18. The zero-order valence-electron chi connectivity index (χ0n) is 8.27. The van der Waals surface area contributed by atoms with Gasteiger partial charge in [-0.05, 0) is 29.4 Å². The van der Waals surface area contributed by atoms with Gasteiger partial charge >= 0.3 is 6.92 Å². The number of aryl methyl sites for hydroxylation is 1. The fourth-order valence-electron chi connectivity index (χ4n) is 1.39. The Labute approximate surface area is 98.4 Å². The maximum absolute atomic E-state index is 10.0. The van der Waals surface area contributed by atoms with Gasteiger partial charge < -0.3 is 5.02 Å². The molecular weight excluding hydrogens is 226 g/mol. The molecule has 1 N–H and O–H groups in total. The molecule has 0 bridgehead atoms. The van der Waals surface area contributed by atoms with Gasteiger partial charge in [0, 0.05) is 9.80 Å². The normalized spacial score (nSPS) is 10.3. The van der Waals surface area contributed by atoms with Gasteiger partial charge in [-0.15, -0.1) is 0 Å². The molecule has 0 spiro atoms. The minimum absolute atomic E-state index is 0.567. The smallest absolute Gasteiger partial charge is 0.369 e. The highest BCUT2D eigenvalue weighted by atomic mass is 35.5. The molecule has 0 unspecified atom stereocenters. The molecule has 0 fully saturated rings. The number of rotatable bonds is 2. The van der Waals surface area contributed by atoms with Gasteiger partial charge in [0.2, 0.25) is 0 Å². The van der Waals surface area contributed by atoms with Crippen LogP contribution in [0, 0.1) is 6.92 Å². The Balaban J connectivity index is 2.34. The van der Waals surface area contributed by atoms with Gasteiger partial charge in [0.15, 0.2) is 0 Å². The predicted octanol–water partition coefficient (Wildman–Crippen LogP) is 1.81. The van der Waals surface area contributed by atoms with E-state index in [2.05, 4.69) is 0 Å². The molecule has 0 aliphatic carbocycles. The third-order valence-electron chi connectivity index (χ3n) is 2.32. The van der Waals surface area contributed by atoms with Crippen molar-refractivity contribution >= 4 is 40.1 Å². The van der Waals surface area contributed by atoms with Crippen molar-refractivity contribution in [3.63, 3.8) is 0 Å². The average Bonchev–Trinajstić information content (AvgIpc) is 2.74. The van der Waals surface area contributed by atoms with E-state index in [1.165, 1.54) is 0 Å². The maximum atomic E-state index is 10.0. The Morgan fingerprint density at radius 3 is 2.73 bits per heavy atom. The van der Waals surface area contributed by atoms with Crippen molar-refractivity contribution in [2.45, 2.75) is 6.92 Å². The molecule has 0 aliphatic heterocycles. The standard InChI is InChI=1S/C11H10BClOS/c1-8-4-5-9(7-10(8)13)12(14)11-3-2-6-15-11/h2-7,14H,1H3. The Bertz CT molecular complexity index is 456. The van der Waals surface area contributed by atoms with Crippen LogP contribution in [0.4, 0.5) is 0 Å². The first kappa shape index (κ1) is 10.7. The Hall–Kier alpha value is -0.765. The average molecular weight is 237 g/mol. The minimum atomic E-state index is -0.567. The third kappa shape index (κ3) is 2.25. The molecule has 2 aromatic rings. The van der Waals surface area contributed by atoms with E-state index >= 15 is 0 Å². The second-order valence-electron chi connectivity index (χ2n) is 3.43. The van der Waals surface area contributed by atoms with Gasteiger partial charge in [-0.2, -0.15) is 11.3 Å². The molecule has 1 aromatic carbocycles. The van der Waals surface area contributed by atoms with Crippen molar-refractivity contribution in [3.8, 4) is 0 Å². The fourth-order valence-corrected chi connectivity index (χ4v) is 2.32. The highest BCUT2D eigenvalue weighted by Gasteiger charge is 2.18. The number of hydrogen-bond acceptors (Lipinski definition) is 2. The van der Waals surface area contributed by atoms with Crippen molar-refractivity contribution in [1.29, 1.82) is 0 Å². The lowest BCUT2D eigenvalue weighted by atomic mass is 9.60. The van der Waals surface area contributed by atoms with Crippen LogP contribution in [0.2, 0.25) is 5.02 Å². The van der Waals surface area contributed by atoms with Crippen molar-refractivity contribution < 1.29 is 5.02 Å². The zero-order valence-corrected chi connectivity index (χ0v) is 9.85. The van der Waals surface area contributed by atoms with Crippen LogP contribution in [0.1, 0.15) is 5.56 Å². The van der Waals surface area contributed by atoms with Crippen molar-refractivity contribution in [1.82, 2.24) is 0 Å². The molecule has 2 rings (SSSR count). The number of benzene rings is 1. The SMILES string of the molecule is Cc1ccc(B(O)c2cccs2)cc1Cl. The summed E-state index contributed by atoms with van der Waals surface area (Å²) in [4.78, 5) is 0. The van der Waals surface area contributed by atoms with E-state index in [0.717, 1.165) is 15.8 Å². The van der Waals surface area contributed by atoms with E-state index in [1.54, 1.807) is 11.3 Å². The quantitative estimate of drug-likeness (QED) is 0.789. The van der Waals surface area contributed by atoms with E-state index in [4.69, 9.17) is 11.6 Å². The molecule has 0 aliphatic rings. The summed E-state index contributed by atoms with van der Waals surface area (Å²) in [5, 5.41) is 12.7. The summed E-state index contributed by atoms with van der Waals surface area (Å²) in [7, 11) is 0. The molecule has 1 nitrogen and oxygen atoms in total. The summed E-state index contributed by atoms with van der Waals surface area (Å²) in [6.07, 6.45) is 0. The van der Waals surface area contributed by atoms with Crippen LogP contribution in [0.5, 0.6) is 0 Å². The number of halogens is 1. The topological polar surface area (TPSA) is 20.2 Å². The van der Waals surface area contributed by atoms with Gasteiger partial charge in [-0.3, -0.25) is 0 Å². The Morgan fingerprint density at radius 2 is 2.13 bits per heavy atom. The van der Waals surface area contributed by atoms with Crippen LogP contribution in [-0.2, 0) is 0 Å². The molecule has 4 heteroatoms.